The molecule has 0 bridgehead atoms. The molecule has 0 saturated carbocycles. The van der Waals surface area contributed by atoms with Gasteiger partial charge >= 0.3 is 0 Å². The number of nitrogens with zero attached hydrogens (tertiary/aromatic N) is 1. The fourth-order valence-corrected chi connectivity index (χ4v) is 3.17. The number of rotatable bonds is 9. The molecule has 140 valence electrons. The van der Waals surface area contributed by atoms with Crippen molar-refractivity contribution in [2.45, 2.75) is 51.0 Å². The van der Waals surface area contributed by atoms with Gasteiger partial charge < -0.3 is 19.1 Å². The number of methoxy groups -OCH3 is 2. The minimum Gasteiger partial charge on any atom is -0.493 e. The van der Waals surface area contributed by atoms with Gasteiger partial charge in [0.1, 0.15) is 0 Å². The Labute approximate surface area is 151 Å². The SMILES string of the molecule is COc1ccc(CCCC(=O)N(C)CCC2CCCCO2)cc1OC. The monoisotopic (exact) mass is 349 g/mol. The molecule has 1 aliphatic rings. The van der Waals surface area contributed by atoms with Gasteiger partial charge in [-0.05, 0) is 56.2 Å². The van der Waals surface area contributed by atoms with Gasteiger partial charge in [-0.25, -0.2) is 0 Å². The minimum absolute atomic E-state index is 0.205. The summed E-state index contributed by atoms with van der Waals surface area (Å²) in [6.07, 6.45) is 7.06. The maximum atomic E-state index is 12.3. The lowest BCUT2D eigenvalue weighted by molar-refractivity contribution is -0.130. The normalized spacial score (nSPS) is 17.2. The summed E-state index contributed by atoms with van der Waals surface area (Å²) in [5.74, 6) is 1.67. The summed E-state index contributed by atoms with van der Waals surface area (Å²) in [5, 5.41) is 0. The molecule has 0 radical (unpaired) electrons. The summed E-state index contributed by atoms with van der Waals surface area (Å²) in [7, 11) is 5.15. The first-order valence-corrected chi connectivity index (χ1v) is 9.20. The van der Waals surface area contributed by atoms with Gasteiger partial charge in [0.25, 0.3) is 0 Å². The number of benzene rings is 1. The summed E-state index contributed by atoms with van der Waals surface area (Å²) in [6.45, 7) is 1.65. The standard InChI is InChI=1S/C20H31NO4/c1-21(13-12-17-8-4-5-14-25-17)20(22)9-6-7-16-10-11-18(23-2)19(15-16)24-3/h10-11,15,17H,4-9,12-14H2,1-3H3. The maximum absolute atomic E-state index is 12.3. The third-order valence-electron chi connectivity index (χ3n) is 4.79. The van der Waals surface area contributed by atoms with Gasteiger partial charge in [-0.2, -0.15) is 0 Å². The van der Waals surface area contributed by atoms with Crippen LogP contribution >= 0.6 is 0 Å². The predicted molar refractivity (Wildman–Crippen MR) is 98.3 cm³/mol. The zero-order valence-corrected chi connectivity index (χ0v) is 15.8. The molecular weight excluding hydrogens is 318 g/mol. The van der Waals surface area contributed by atoms with Crippen molar-refractivity contribution < 1.29 is 19.0 Å². The number of ether oxygens (including phenoxy) is 3. The van der Waals surface area contributed by atoms with E-state index in [0.717, 1.165) is 55.9 Å². The first-order valence-electron chi connectivity index (χ1n) is 9.20. The second kappa shape index (κ2) is 10.3. The number of hydrogen-bond donors (Lipinski definition) is 0. The second-order valence-electron chi connectivity index (χ2n) is 6.64. The molecule has 0 aliphatic carbocycles. The van der Waals surface area contributed by atoms with Crippen LogP contribution in [0.1, 0.15) is 44.1 Å². The molecule has 0 N–H and O–H groups in total. The van der Waals surface area contributed by atoms with Crippen molar-refractivity contribution in [1.82, 2.24) is 4.90 Å². The highest BCUT2D eigenvalue weighted by Gasteiger charge is 2.16. The van der Waals surface area contributed by atoms with E-state index in [4.69, 9.17) is 14.2 Å². The fourth-order valence-electron chi connectivity index (χ4n) is 3.17. The molecule has 5 heteroatoms. The number of hydrogen-bond acceptors (Lipinski definition) is 4. The number of aryl methyl sites for hydroxylation is 1. The average molecular weight is 349 g/mol. The van der Waals surface area contributed by atoms with E-state index in [0.29, 0.717) is 12.5 Å². The van der Waals surface area contributed by atoms with Crippen LogP contribution in [0.25, 0.3) is 0 Å². The molecule has 1 atom stereocenters. The van der Waals surface area contributed by atoms with Gasteiger partial charge in [-0.1, -0.05) is 6.07 Å². The lowest BCUT2D eigenvalue weighted by Crippen LogP contribution is -2.31. The Morgan fingerprint density at radius 1 is 1.24 bits per heavy atom. The molecule has 0 aromatic heterocycles. The van der Waals surface area contributed by atoms with Crippen LogP contribution in [0.15, 0.2) is 18.2 Å². The van der Waals surface area contributed by atoms with Crippen molar-refractivity contribution in [2.24, 2.45) is 0 Å². The van der Waals surface area contributed by atoms with Gasteiger partial charge in [0.05, 0.1) is 20.3 Å². The summed E-state index contributed by atoms with van der Waals surface area (Å²) in [6, 6.07) is 5.91. The van der Waals surface area contributed by atoms with Crippen molar-refractivity contribution in [1.29, 1.82) is 0 Å². The third-order valence-corrected chi connectivity index (χ3v) is 4.79. The fraction of sp³-hybridized carbons (Fsp3) is 0.650. The number of carbonyl (C=O) groups excluding carboxylic acids is 1. The average Bonchev–Trinajstić information content (AvgIpc) is 2.66. The summed E-state index contributed by atoms with van der Waals surface area (Å²) in [5.41, 5.74) is 1.16. The van der Waals surface area contributed by atoms with E-state index in [2.05, 4.69) is 0 Å². The van der Waals surface area contributed by atoms with Crippen LogP contribution in [-0.2, 0) is 16.0 Å². The Bertz CT molecular complexity index is 540. The van der Waals surface area contributed by atoms with Gasteiger partial charge in [-0.15, -0.1) is 0 Å². The van der Waals surface area contributed by atoms with Crippen LogP contribution in [0.5, 0.6) is 11.5 Å². The van der Waals surface area contributed by atoms with Crippen LogP contribution in [-0.4, -0.2) is 51.3 Å². The van der Waals surface area contributed by atoms with Crippen LogP contribution < -0.4 is 9.47 Å². The molecule has 5 nitrogen and oxygen atoms in total. The minimum atomic E-state index is 0.205. The molecule has 1 heterocycles. The molecule has 1 aromatic carbocycles. The third kappa shape index (κ3) is 6.24. The highest BCUT2D eigenvalue weighted by molar-refractivity contribution is 5.75. The Kier molecular flexibility index (Phi) is 8.06. The topological polar surface area (TPSA) is 48.0 Å². The van der Waals surface area contributed by atoms with E-state index >= 15 is 0 Å². The lowest BCUT2D eigenvalue weighted by atomic mass is 10.1. The molecule has 1 saturated heterocycles. The van der Waals surface area contributed by atoms with Crippen molar-refractivity contribution in [3.63, 3.8) is 0 Å². The highest BCUT2D eigenvalue weighted by atomic mass is 16.5. The summed E-state index contributed by atoms with van der Waals surface area (Å²) >= 11 is 0. The Morgan fingerprint density at radius 3 is 2.72 bits per heavy atom. The van der Waals surface area contributed by atoms with E-state index in [1.54, 1.807) is 14.2 Å². The predicted octanol–water partition coefficient (Wildman–Crippen LogP) is 3.44. The summed E-state index contributed by atoms with van der Waals surface area (Å²) in [4.78, 5) is 14.1. The van der Waals surface area contributed by atoms with Gasteiger partial charge in [-0.3, -0.25) is 4.79 Å². The van der Waals surface area contributed by atoms with E-state index < -0.39 is 0 Å². The van der Waals surface area contributed by atoms with E-state index in [1.807, 2.05) is 30.1 Å². The van der Waals surface area contributed by atoms with Crippen molar-refractivity contribution in [3.05, 3.63) is 23.8 Å². The van der Waals surface area contributed by atoms with Crippen LogP contribution in [0.2, 0.25) is 0 Å². The molecule has 1 fully saturated rings. The Balaban J connectivity index is 1.70. The maximum Gasteiger partial charge on any atom is 0.222 e. The zero-order chi connectivity index (χ0) is 18.1. The number of amides is 1. The van der Waals surface area contributed by atoms with E-state index in [9.17, 15) is 4.79 Å². The molecule has 1 aromatic rings. The Hall–Kier alpha value is -1.75. The molecule has 0 spiro atoms. The zero-order valence-electron chi connectivity index (χ0n) is 15.8. The highest BCUT2D eigenvalue weighted by Crippen LogP contribution is 2.28. The van der Waals surface area contributed by atoms with Crippen molar-refractivity contribution in [3.8, 4) is 11.5 Å². The lowest BCUT2D eigenvalue weighted by Gasteiger charge is -2.25. The van der Waals surface area contributed by atoms with Gasteiger partial charge in [0.2, 0.25) is 5.91 Å². The second-order valence-corrected chi connectivity index (χ2v) is 6.64. The summed E-state index contributed by atoms with van der Waals surface area (Å²) < 4.78 is 16.3. The molecule has 1 aliphatic heterocycles. The van der Waals surface area contributed by atoms with Crippen molar-refractivity contribution >= 4 is 5.91 Å². The van der Waals surface area contributed by atoms with Gasteiger partial charge in [0, 0.05) is 26.6 Å². The quantitative estimate of drug-likeness (QED) is 0.685. The van der Waals surface area contributed by atoms with Crippen LogP contribution in [0.3, 0.4) is 0 Å². The van der Waals surface area contributed by atoms with E-state index in [1.165, 1.54) is 12.8 Å². The Morgan fingerprint density at radius 2 is 2.04 bits per heavy atom. The molecule has 1 amide bonds. The van der Waals surface area contributed by atoms with Gasteiger partial charge in [0.15, 0.2) is 11.5 Å². The smallest absolute Gasteiger partial charge is 0.222 e. The van der Waals surface area contributed by atoms with Crippen molar-refractivity contribution in [2.75, 3.05) is 34.4 Å². The first-order chi connectivity index (χ1) is 12.1. The largest absolute Gasteiger partial charge is 0.493 e. The first kappa shape index (κ1) is 19.6. The molecule has 25 heavy (non-hydrogen) atoms. The number of carbonyl (C=O) groups is 1. The van der Waals surface area contributed by atoms with E-state index in [-0.39, 0.29) is 5.91 Å². The van der Waals surface area contributed by atoms with Crippen LogP contribution in [0.4, 0.5) is 0 Å². The molecule has 2 rings (SSSR count). The molecular formula is C20H31NO4. The molecule has 1 unspecified atom stereocenters. The van der Waals surface area contributed by atoms with Crippen LogP contribution in [0, 0.1) is 0 Å².